The van der Waals surface area contributed by atoms with Gasteiger partial charge in [0.25, 0.3) is 11.6 Å². The molecule has 9 nitrogen and oxygen atoms in total. The minimum absolute atomic E-state index is 0.0122. The van der Waals surface area contributed by atoms with E-state index < -0.39 is 16.8 Å². The fraction of sp³-hybridized carbons (Fsp3) is 0.308. The van der Waals surface area contributed by atoms with Gasteiger partial charge < -0.3 is 15.7 Å². The SMILES string of the molecule is O=C(O)CCNC(=O)CCNC(=O)c1ccc([N+](=O)[O-])cc1. The first-order valence-electron chi connectivity index (χ1n) is 6.41. The number of carbonyl (C=O) groups is 3. The van der Waals surface area contributed by atoms with E-state index in [1.807, 2.05) is 0 Å². The molecule has 2 amide bonds. The van der Waals surface area contributed by atoms with Crippen LogP contribution >= 0.6 is 0 Å². The van der Waals surface area contributed by atoms with E-state index in [0.29, 0.717) is 0 Å². The van der Waals surface area contributed by atoms with Crippen LogP contribution in [0.25, 0.3) is 0 Å². The smallest absolute Gasteiger partial charge is 0.305 e. The molecule has 1 aromatic rings. The second kappa shape index (κ2) is 8.35. The minimum atomic E-state index is -1.01. The minimum Gasteiger partial charge on any atom is -0.481 e. The Kier molecular flexibility index (Phi) is 6.48. The van der Waals surface area contributed by atoms with Crippen molar-refractivity contribution in [3.8, 4) is 0 Å². The van der Waals surface area contributed by atoms with E-state index >= 15 is 0 Å². The number of hydrogen-bond donors (Lipinski definition) is 3. The number of nitro benzene ring substituents is 1. The number of carbonyl (C=O) groups excluding carboxylic acids is 2. The summed E-state index contributed by atoms with van der Waals surface area (Å²) in [6, 6.07) is 5.07. The molecule has 0 fully saturated rings. The number of carboxylic acids is 1. The number of aliphatic carboxylic acids is 1. The Bertz CT molecular complexity index is 570. The van der Waals surface area contributed by atoms with Gasteiger partial charge in [-0.15, -0.1) is 0 Å². The molecule has 0 aliphatic heterocycles. The summed E-state index contributed by atoms with van der Waals surface area (Å²) in [4.78, 5) is 43.2. The number of hydrogen-bond acceptors (Lipinski definition) is 5. The summed E-state index contributed by atoms with van der Waals surface area (Å²) >= 11 is 0. The maximum atomic E-state index is 11.7. The standard InChI is InChI=1S/C13H15N3O6/c17-11(14-8-6-12(18)19)5-7-15-13(20)9-1-3-10(4-2-9)16(21)22/h1-4H,5-8H2,(H,14,17)(H,15,20)(H,18,19). The normalized spacial score (nSPS) is 9.82. The quantitative estimate of drug-likeness (QED) is 0.466. The van der Waals surface area contributed by atoms with E-state index in [1.165, 1.54) is 24.3 Å². The highest BCUT2D eigenvalue weighted by molar-refractivity contribution is 5.94. The number of amides is 2. The highest BCUT2D eigenvalue weighted by Gasteiger charge is 2.09. The second-order valence-electron chi connectivity index (χ2n) is 4.30. The lowest BCUT2D eigenvalue weighted by Gasteiger charge is -2.06. The van der Waals surface area contributed by atoms with Gasteiger partial charge in [0.2, 0.25) is 5.91 Å². The van der Waals surface area contributed by atoms with E-state index in [2.05, 4.69) is 10.6 Å². The number of nitrogens with zero attached hydrogens (tertiary/aromatic N) is 1. The first-order valence-corrected chi connectivity index (χ1v) is 6.41. The van der Waals surface area contributed by atoms with Crippen LogP contribution in [0.1, 0.15) is 23.2 Å². The van der Waals surface area contributed by atoms with Gasteiger partial charge in [0.05, 0.1) is 11.3 Å². The van der Waals surface area contributed by atoms with Crippen molar-refractivity contribution in [2.45, 2.75) is 12.8 Å². The number of rotatable bonds is 8. The van der Waals surface area contributed by atoms with Gasteiger partial charge in [0.1, 0.15) is 0 Å². The first kappa shape index (κ1) is 17.1. The molecule has 0 atom stereocenters. The molecule has 0 unspecified atom stereocenters. The Hall–Kier alpha value is -2.97. The van der Waals surface area contributed by atoms with E-state index in [9.17, 15) is 24.5 Å². The average Bonchev–Trinajstić information content (AvgIpc) is 2.46. The second-order valence-corrected chi connectivity index (χ2v) is 4.30. The lowest BCUT2D eigenvalue weighted by molar-refractivity contribution is -0.384. The molecule has 0 saturated heterocycles. The summed E-state index contributed by atoms with van der Waals surface area (Å²) in [5.41, 5.74) is 0.131. The Labute approximate surface area is 125 Å². The molecule has 3 N–H and O–H groups in total. The van der Waals surface area contributed by atoms with Crippen LogP contribution in [0, 0.1) is 10.1 Å². The van der Waals surface area contributed by atoms with Gasteiger partial charge in [0.15, 0.2) is 0 Å². The Morgan fingerprint density at radius 3 is 2.18 bits per heavy atom. The summed E-state index contributed by atoms with van der Waals surface area (Å²) in [6.45, 7) is 0.110. The number of nitro groups is 1. The third-order valence-corrected chi connectivity index (χ3v) is 2.64. The summed E-state index contributed by atoms with van der Waals surface area (Å²) in [6.07, 6.45) is -0.154. The molecule has 1 aromatic carbocycles. The van der Waals surface area contributed by atoms with Crippen molar-refractivity contribution in [2.24, 2.45) is 0 Å². The maximum absolute atomic E-state index is 11.7. The zero-order chi connectivity index (χ0) is 16.5. The third kappa shape index (κ3) is 5.99. The van der Waals surface area contributed by atoms with Crippen molar-refractivity contribution in [1.29, 1.82) is 0 Å². The van der Waals surface area contributed by atoms with Crippen molar-refractivity contribution in [3.63, 3.8) is 0 Å². The molecule has 9 heteroatoms. The van der Waals surface area contributed by atoms with Crippen molar-refractivity contribution in [1.82, 2.24) is 10.6 Å². The molecule has 0 aromatic heterocycles. The van der Waals surface area contributed by atoms with Crippen LogP contribution in [0.15, 0.2) is 24.3 Å². The molecule has 0 spiro atoms. The molecular formula is C13H15N3O6. The van der Waals surface area contributed by atoms with E-state index in [4.69, 9.17) is 5.11 Å². The molecule has 0 aliphatic rings. The van der Waals surface area contributed by atoms with Crippen molar-refractivity contribution >= 4 is 23.5 Å². The van der Waals surface area contributed by atoms with Gasteiger partial charge in [-0.25, -0.2) is 0 Å². The third-order valence-electron chi connectivity index (χ3n) is 2.64. The van der Waals surface area contributed by atoms with Gasteiger partial charge in [0, 0.05) is 37.2 Å². The van der Waals surface area contributed by atoms with Crippen LogP contribution in [0.4, 0.5) is 5.69 Å². The van der Waals surface area contributed by atoms with Crippen LogP contribution in [0.2, 0.25) is 0 Å². The van der Waals surface area contributed by atoms with Crippen molar-refractivity contribution in [3.05, 3.63) is 39.9 Å². The van der Waals surface area contributed by atoms with Gasteiger partial charge in [-0.2, -0.15) is 0 Å². The molecule has 0 radical (unpaired) electrons. The number of nitrogens with one attached hydrogen (secondary N) is 2. The lowest BCUT2D eigenvalue weighted by Crippen LogP contribution is -2.31. The molecule has 0 heterocycles. The molecule has 0 saturated carbocycles. The van der Waals surface area contributed by atoms with Gasteiger partial charge in [-0.05, 0) is 12.1 Å². The highest BCUT2D eigenvalue weighted by Crippen LogP contribution is 2.11. The fourth-order valence-corrected chi connectivity index (χ4v) is 1.52. The molecule has 0 bridgehead atoms. The Morgan fingerprint density at radius 2 is 1.64 bits per heavy atom. The van der Waals surface area contributed by atoms with Crippen LogP contribution in [0.5, 0.6) is 0 Å². The van der Waals surface area contributed by atoms with Crippen molar-refractivity contribution < 1.29 is 24.4 Å². The van der Waals surface area contributed by atoms with Crippen molar-refractivity contribution in [2.75, 3.05) is 13.1 Å². The topological polar surface area (TPSA) is 139 Å². The van der Waals surface area contributed by atoms with E-state index in [-0.39, 0.29) is 43.1 Å². The zero-order valence-corrected chi connectivity index (χ0v) is 11.6. The monoisotopic (exact) mass is 309 g/mol. The molecule has 1 rings (SSSR count). The van der Waals surface area contributed by atoms with Crippen LogP contribution in [0.3, 0.4) is 0 Å². The van der Waals surface area contributed by atoms with Gasteiger partial charge >= 0.3 is 5.97 Å². The predicted molar refractivity (Wildman–Crippen MR) is 75.3 cm³/mol. The van der Waals surface area contributed by atoms with Gasteiger partial charge in [-0.3, -0.25) is 24.5 Å². The van der Waals surface area contributed by atoms with E-state index in [0.717, 1.165) is 0 Å². The van der Waals surface area contributed by atoms with E-state index in [1.54, 1.807) is 0 Å². The molecule has 0 aliphatic carbocycles. The van der Waals surface area contributed by atoms with Gasteiger partial charge in [-0.1, -0.05) is 0 Å². The molecule has 118 valence electrons. The fourth-order valence-electron chi connectivity index (χ4n) is 1.52. The van der Waals surface area contributed by atoms with Crippen LogP contribution in [-0.2, 0) is 9.59 Å². The number of benzene rings is 1. The predicted octanol–water partition coefficient (Wildman–Crippen LogP) is 0.306. The lowest BCUT2D eigenvalue weighted by atomic mass is 10.2. The van der Waals surface area contributed by atoms with Crippen LogP contribution < -0.4 is 10.6 Å². The first-order chi connectivity index (χ1) is 10.4. The summed E-state index contributed by atoms with van der Waals surface area (Å²) in [5, 5.41) is 23.8. The summed E-state index contributed by atoms with van der Waals surface area (Å²) in [5.74, 6) is -1.83. The van der Waals surface area contributed by atoms with Crippen LogP contribution in [-0.4, -0.2) is 40.9 Å². The number of carboxylic acid groups (broad SMARTS) is 1. The highest BCUT2D eigenvalue weighted by atomic mass is 16.6. The largest absolute Gasteiger partial charge is 0.481 e. The Balaban J connectivity index is 2.32. The molecule has 22 heavy (non-hydrogen) atoms. The zero-order valence-electron chi connectivity index (χ0n) is 11.6. The maximum Gasteiger partial charge on any atom is 0.305 e. The summed E-state index contributed by atoms with van der Waals surface area (Å²) < 4.78 is 0. The summed E-state index contributed by atoms with van der Waals surface area (Å²) in [7, 11) is 0. The average molecular weight is 309 g/mol. The Morgan fingerprint density at radius 1 is 1.05 bits per heavy atom. The number of non-ortho nitro benzene ring substituents is 1. The molecular weight excluding hydrogens is 294 g/mol.